The Kier molecular flexibility index (Phi) is 2.44. The number of nitrogens with one attached hydrogen (secondary N) is 2. The molecule has 1 unspecified atom stereocenters. The lowest BCUT2D eigenvalue weighted by Crippen LogP contribution is -2.12. The highest BCUT2D eigenvalue weighted by molar-refractivity contribution is 5.81. The molecule has 2 nitrogen and oxygen atoms in total. The first kappa shape index (κ1) is 10.1. The molecule has 2 N–H and O–H groups in total. The number of aromatic amines is 1. The Morgan fingerprint density at radius 1 is 1.27 bits per heavy atom. The van der Waals surface area contributed by atoms with Crippen molar-refractivity contribution in [3.05, 3.63) is 35.5 Å². The highest BCUT2D eigenvalue weighted by atomic mass is 19.1. The zero-order valence-electron chi connectivity index (χ0n) is 8.57. The predicted molar refractivity (Wildman–Crippen MR) is 55.7 cm³/mol. The van der Waals surface area contributed by atoms with Crippen LogP contribution in [0.15, 0.2) is 18.2 Å². The normalized spacial score (nSPS) is 13.3. The summed E-state index contributed by atoms with van der Waals surface area (Å²) < 4.78 is 26.3. The van der Waals surface area contributed by atoms with Gasteiger partial charge < -0.3 is 10.3 Å². The smallest absolute Gasteiger partial charge is 0.150 e. The topological polar surface area (TPSA) is 27.8 Å². The molecular formula is C11H12F2N2. The van der Waals surface area contributed by atoms with Crippen LogP contribution in [0, 0.1) is 11.6 Å². The van der Waals surface area contributed by atoms with Crippen molar-refractivity contribution in [2.45, 2.75) is 13.0 Å². The number of aromatic nitrogens is 1. The van der Waals surface area contributed by atoms with Crippen LogP contribution in [0.2, 0.25) is 0 Å². The number of hydrogen-bond acceptors (Lipinski definition) is 1. The summed E-state index contributed by atoms with van der Waals surface area (Å²) in [6, 6.07) is 4.04. The quantitative estimate of drug-likeness (QED) is 0.783. The van der Waals surface area contributed by atoms with Crippen molar-refractivity contribution in [3.8, 4) is 0 Å². The maximum atomic E-state index is 13.3. The third kappa shape index (κ3) is 1.72. The fourth-order valence-electron chi connectivity index (χ4n) is 1.58. The van der Waals surface area contributed by atoms with E-state index >= 15 is 0 Å². The van der Waals surface area contributed by atoms with E-state index in [9.17, 15) is 8.78 Å². The maximum absolute atomic E-state index is 13.3. The van der Waals surface area contributed by atoms with Gasteiger partial charge in [-0.25, -0.2) is 8.78 Å². The summed E-state index contributed by atoms with van der Waals surface area (Å²) in [5.74, 6) is -1.11. The molecule has 0 radical (unpaired) electrons. The largest absolute Gasteiger partial charge is 0.355 e. The van der Waals surface area contributed by atoms with Gasteiger partial charge in [0.05, 0.1) is 5.52 Å². The Morgan fingerprint density at radius 3 is 2.67 bits per heavy atom. The molecule has 1 aromatic carbocycles. The van der Waals surface area contributed by atoms with E-state index in [0.717, 1.165) is 11.8 Å². The molecule has 2 aromatic rings. The average Bonchev–Trinajstić information content (AvgIpc) is 2.60. The van der Waals surface area contributed by atoms with E-state index in [2.05, 4.69) is 10.3 Å². The fraction of sp³-hybridized carbons (Fsp3) is 0.273. The van der Waals surface area contributed by atoms with Crippen LogP contribution in [-0.2, 0) is 0 Å². The summed E-state index contributed by atoms with van der Waals surface area (Å²) in [5.41, 5.74) is 1.20. The van der Waals surface area contributed by atoms with Gasteiger partial charge >= 0.3 is 0 Å². The zero-order chi connectivity index (χ0) is 11.0. The lowest BCUT2D eigenvalue weighted by Gasteiger charge is -2.06. The van der Waals surface area contributed by atoms with Crippen molar-refractivity contribution in [2.24, 2.45) is 0 Å². The molecule has 0 aliphatic rings. The summed E-state index contributed by atoms with van der Waals surface area (Å²) in [4.78, 5) is 2.94. The minimum atomic E-state index is -0.556. The molecule has 0 saturated carbocycles. The molecule has 15 heavy (non-hydrogen) atoms. The molecule has 0 fully saturated rings. The van der Waals surface area contributed by atoms with Crippen LogP contribution in [0.3, 0.4) is 0 Å². The van der Waals surface area contributed by atoms with Gasteiger partial charge in [0.15, 0.2) is 0 Å². The average molecular weight is 210 g/mol. The van der Waals surface area contributed by atoms with Crippen molar-refractivity contribution < 1.29 is 8.78 Å². The SMILES string of the molecule is CNC(C)c1cc2cc(F)cc(F)c2[nH]1. The van der Waals surface area contributed by atoms with Crippen molar-refractivity contribution >= 4 is 10.9 Å². The van der Waals surface area contributed by atoms with Crippen LogP contribution in [0.25, 0.3) is 10.9 Å². The fourth-order valence-corrected chi connectivity index (χ4v) is 1.58. The van der Waals surface area contributed by atoms with Gasteiger partial charge in [-0.15, -0.1) is 0 Å². The lowest BCUT2D eigenvalue weighted by atomic mass is 10.2. The summed E-state index contributed by atoms with van der Waals surface area (Å²) in [6.45, 7) is 1.94. The first-order chi connectivity index (χ1) is 7.11. The van der Waals surface area contributed by atoms with E-state index < -0.39 is 11.6 Å². The monoisotopic (exact) mass is 210 g/mol. The molecule has 0 aliphatic carbocycles. The third-order valence-electron chi connectivity index (χ3n) is 2.57. The summed E-state index contributed by atoms with van der Waals surface area (Å²) in [7, 11) is 1.81. The Hall–Kier alpha value is -1.42. The standard InChI is InChI=1S/C11H12F2N2/c1-6(14-2)10-4-7-3-8(12)5-9(13)11(7)15-10/h3-6,14-15H,1-2H3. The van der Waals surface area contributed by atoms with Crippen molar-refractivity contribution in [2.75, 3.05) is 7.05 Å². The van der Waals surface area contributed by atoms with E-state index in [1.54, 1.807) is 6.07 Å². The van der Waals surface area contributed by atoms with E-state index in [1.165, 1.54) is 6.07 Å². The van der Waals surface area contributed by atoms with Crippen LogP contribution in [-0.4, -0.2) is 12.0 Å². The van der Waals surface area contributed by atoms with Gasteiger partial charge in [-0.1, -0.05) is 0 Å². The summed E-state index contributed by atoms with van der Waals surface area (Å²) in [6.07, 6.45) is 0. The molecule has 0 spiro atoms. The Balaban J connectivity index is 2.60. The number of benzene rings is 1. The van der Waals surface area contributed by atoms with Crippen LogP contribution < -0.4 is 5.32 Å². The van der Waals surface area contributed by atoms with Gasteiger partial charge in [0.25, 0.3) is 0 Å². The van der Waals surface area contributed by atoms with Gasteiger partial charge in [0.2, 0.25) is 0 Å². The molecule has 1 heterocycles. The number of halogens is 2. The molecule has 4 heteroatoms. The lowest BCUT2D eigenvalue weighted by molar-refractivity contribution is 0.590. The van der Waals surface area contributed by atoms with E-state index in [-0.39, 0.29) is 6.04 Å². The molecule has 2 rings (SSSR count). The molecule has 80 valence electrons. The highest BCUT2D eigenvalue weighted by Gasteiger charge is 2.10. The van der Waals surface area contributed by atoms with Crippen molar-refractivity contribution in [3.63, 3.8) is 0 Å². The van der Waals surface area contributed by atoms with Crippen molar-refractivity contribution in [1.82, 2.24) is 10.3 Å². The Bertz CT molecular complexity index is 491. The van der Waals surface area contributed by atoms with E-state index in [0.29, 0.717) is 10.9 Å². The molecule has 0 saturated heterocycles. The Labute approximate surface area is 86.3 Å². The van der Waals surface area contributed by atoms with E-state index in [1.807, 2.05) is 14.0 Å². The van der Waals surface area contributed by atoms with Gasteiger partial charge in [0, 0.05) is 23.2 Å². The molecule has 1 atom stereocenters. The molecule has 0 bridgehead atoms. The second kappa shape index (κ2) is 3.62. The van der Waals surface area contributed by atoms with Crippen LogP contribution in [0.5, 0.6) is 0 Å². The highest BCUT2D eigenvalue weighted by Crippen LogP contribution is 2.23. The minimum absolute atomic E-state index is 0.0832. The van der Waals surface area contributed by atoms with Crippen LogP contribution >= 0.6 is 0 Å². The van der Waals surface area contributed by atoms with Crippen LogP contribution in [0.4, 0.5) is 8.78 Å². The summed E-state index contributed by atoms with van der Waals surface area (Å²) in [5, 5.41) is 3.59. The third-order valence-corrected chi connectivity index (χ3v) is 2.57. The minimum Gasteiger partial charge on any atom is -0.355 e. The van der Waals surface area contributed by atoms with Gasteiger partial charge in [-0.05, 0) is 26.1 Å². The molecule has 0 amide bonds. The number of fused-ring (bicyclic) bond motifs is 1. The Morgan fingerprint density at radius 2 is 2.00 bits per heavy atom. The molecular weight excluding hydrogens is 198 g/mol. The van der Waals surface area contributed by atoms with Gasteiger partial charge in [0.1, 0.15) is 11.6 Å². The first-order valence-electron chi connectivity index (χ1n) is 4.76. The van der Waals surface area contributed by atoms with E-state index in [4.69, 9.17) is 0 Å². The van der Waals surface area contributed by atoms with Gasteiger partial charge in [-0.2, -0.15) is 0 Å². The number of rotatable bonds is 2. The molecule has 1 aromatic heterocycles. The number of hydrogen-bond donors (Lipinski definition) is 2. The second-order valence-electron chi connectivity index (χ2n) is 3.59. The predicted octanol–water partition coefficient (Wildman–Crippen LogP) is 2.73. The molecule has 0 aliphatic heterocycles. The number of H-pyrrole nitrogens is 1. The summed E-state index contributed by atoms with van der Waals surface area (Å²) >= 11 is 0. The zero-order valence-corrected chi connectivity index (χ0v) is 8.57. The van der Waals surface area contributed by atoms with Gasteiger partial charge in [-0.3, -0.25) is 0 Å². The van der Waals surface area contributed by atoms with Crippen LogP contribution in [0.1, 0.15) is 18.7 Å². The second-order valence-corrected chi connectivity index (χ2v) is 3.59. The van der Waals surface area contributed by atoms with Crippen molar-refractivity contribution in [1.29, 1.82) is 0 Å². The first-order valence-corrected chi connectivity index (χ1v) is 4.76. The maximum Gasteiger partial charge on any atom is 0.150 e.